The fraction of sp³-hybridized carbons (Fsp3) is 1.00. The Balaban J connectivity index is 1.89. The number of rotatable bonds is 5. The summed E-state index contributed by atoms with van der Waals surface area (Å²) in [6.45, 7) is 4.49. The summed E-state index contributed by atoms with van der Waals surface area (Å²) < 4.78 is 48.2. The van der Waals surface area contributed by atoms with Crippen LogP contribution in [0.3, 0.4) is 0 Å². The van der Waals surface area contributed by atoms with Crippen LogP contribution in [0.1, 0.15) is 58.8 Å². The predicted octanol–water partition coefficient (Wildman–Crippen LogP) is 5.03. The molecule has 7 unspecified atom stereocenters. The van der Waals surface area contributed by atoms with Gasteiger partial charge in [-0.25, -0.2) is 13.2 Å². The van der Waals surface area contributed by atoms with E-state index in [2.05, 4.69) is 0 Å². The van der Waals surface area contributed by atoms with E-state index in [9.17, 15) is 13.2 Å². The summed E-state index contributed by atoms with van der Waals surface area (Å²) in [6, 6.07) is 0. The lowest BCUT2D eigenvalue weighted by atomic mass is 9.68. The Labute approximate surface area is 126 Å². The summed E-state index contributed by atoms with van der Waals surface area (Å²) in [4.78, 5) is 0. The van der Waals surface area contributed by atoms with Crippen molar-refractivity contribution in [1.82, 2.24) is 0 Å². The molecular formula is C17H29F3O. The van der Waals surface area contributed by atoms with Gasteiger partial charge < -0.3 is 4.74 Å². The number of hydrogen-bond acceptors (Lipinski definition) is 1. The van der Waals surface area contributed by atoms with E-state index in [1.165, 1.54) is 0 Å². The lowest BCUT2D eigenvalue weighted by molar-refractivity contribution is -0.0653. The average molecular weight is 306 g/mol. The normalized spacial score (nSPS) is 44.7. The molecule has 7 atom stereocenters. The summed E-state index contributed by atoms with van der Waals surface area (Å²) in [7, 11) is 0. The van der Waals surface area contributed by atoms with E-state index in [1.807, 2.05) is 13.8 Å². The number of hydrogen-bond donors (Lipinski definition) is 0. The van der Waals surface area contributed by atoms with Crippen LogP contribution in [0.2, 0.25) is 0 Å². The second-order valence-electron chi connectivity index (χ2n) is 6.80. The van der Waals surface area contributed by atoms with Gasteiger partial charge in [0.15, 0.2) is 0 Å². The molecule has 0 radical (unpaired) electrons. The Morgan fingerprint density at radius 1 is 0.952 bits per heavy atom. The highest BCUT2D eigenvalue weighted by Crippen LogP contribution is 2.44. The Morgan fingerprint density at radius 2 is 1.71 bits per heavy atom. The van der Waals surface area contributed by atoms with Crippen LogP contribution in [0.25, 0.3) is 0 Å². The topological polar surface area (TPSA) is 9.23 Å². The third kappa shape index (κ3) is 3.94. The van der Waals surface area contributed by atoms with Gasteiger partial charge in [-0.1, -0.05) is 20.3 Å². The minimum atomic E-state index is -1.41. The second kappa shape index (κ2) is 7.85. The average Bonchev–Trinajstić information content (AvgIpc) is 2.49. The van der Waals surface area contributed by atoms with Crippen LogP contribution < -0.4 is 0 Å². The smallest absolute Gasteiger partial charge is 0.134 e. The molecule has 2 saturated carbocycles. The van der Waals surface area contributed by atoms with Crippen LogP contribution >= 0.6 is 0 Å². The van der Waals surface area contributed by atoms with Gasteiger partial charge in [-0.15, -0.1) is 0 Å². The lowest BCUT2D eigenvalue weighted by Gasteiger charge is -2.42. The zero-order chi connectivity index (χ0) is 15.4. The summed E-state index contributed by atoms with van der Waals surface area (Å²) >= 11 is 0. The Bertz CT molecular complexity index is 312. The predicted molar refractivity (Wildman–Crippen MR) is 78.6 cm³/mol. The zero-order valence-corrected chi connectivity index (χ0v) is 13.2. The fourth-order valence-corrected chi connectivity index (χ4v) is 4.11. The summed E-state index contributed by atoms with van der Waals surface area (Å²) in [6.07, 6.45) is 0.632. The molecule has 0 aromatic heterocycles. The molecule has 2 rings (SSSR count). The van der Waals surface area contributed by atoms with Gasteiger partial charge in [0.25, 0.3) is 0 Å². The molecule has 21 heavy (non-hydrogen) atoms. The van der Waals surface area contributed by atoms with E-state index in [-0.39, 0.29) is 23.9 Å². The number of ether oxygens (including phenoxy) is 1. The summed E-state index contributed by atoms with van der Waals surface area (Å²) in [5.41, 5.74) is 0. The summed E-state index contributed by atoms with van der Waals surface area (Å²) in [5, 5.41) is 0. The standard InChI is InChI=1S/C17H29F3O/c1-3-9-21-15-8-6-12(10-14(15)18)13-7-5-11(4-2)16(19)17(13)20/h11-17H,3-10H2,1-2H3. The molecule has 0 bridgehead atoms. The minimum Gasteiger partial charge on any atom is -0.375 e. The zero-order valence-electron chi connectivity index (χ0n) is 13.2. The highest BCUT2D eigenvalue weighted by Gasteiger charge is 2.45. The van der Waals surface area contributed by atoms with Gasteiger partial charge in [0, 0.05) is 6.61 Å². The van der Waals surface area contributed by atoms with Crippen LogP contribution in [0.4, 0.5) is 13.2 Å². The third-order valence-corrected chi connectivity index (χ3v) is 5.45. The largest absolute Gasteiger partial charge is 0.375 e. The van der Waals surface area contributed by atoms with Crippen molar-refractivity contribution in [3.05, 3.63) is 0 Å². The van der Waals surface area contributed by atoms with Gasteiger partial charge in [-0.05, 0) is 56.3 Å². The van der Waals surface area contributed by atoms with Crippen molar-refractivity contribution >= 4 is 0 Å². The molecule has 0 amide bonds. The van der Waals surface area contributed by atoms with Gasteiger partial charge in [0.1, 0.15) is 18.5 Å². The Morgan fingerprint density at radius 3 is 2.33 bits per heavy atom. The van der Waals surface area contributed by atoms with Crippen molar-refractivity contribution in [3.8, 4) is 0 Å². The van der Waals surface area contributed by atoms with Crippen LogP contribution in [0, 0.1) is 17.8 Å². The van der Waals surface area contributed by atoms with Gasteiger partial charge >= 0.3 is 0 Å². The van der Waals surface area contributed by atoms with Crippen molar-refractivity contribution in [2.75, 3.05) is 6.61 Å². The first-order valence-electron chi connectivity index (χ1n) is 8.62. The van der Waals surface area contributed by atoms with Gasteiger partial charge in [-0.2, -0.15) is 0 Å². The first-order chi connectivity index (χ1) is 10.1. The van der Waals surface area contributed by atoms with Gasteiger partial charge in [0.2, 0.25) is 0 Å². The molecular weight excluding hydrogens is 277 g/mol. The maximum Gasteiger partial charge on any atom is 0.134 e. The van der Waals surface area contributed by atoms with E-state index in [4.69, 9.17) is 4.74 Å². The van der Waals surface area contributed by atoms with Crippen molar-refractivity contribution in [2.45, 2.75) is 83.4 Å². The lowest BCUT2D eigenvalue weighted by Crippen LogP contribution is -2.44. The van der Waals surface area contributed by atoms with Crippen LogP contribution in [0.5, 0.6) is 0 Å². The maximum atomic E-state index is 14.4. The Hall–Kier alpha value is -0.250. The molecule has 0 heterocycles. The van der Waals surface area contributed by atoms with Gasteiger partial charge in [0.05, 0.1) is 6.10 Å². The maximum absolute atomic E-state index is 14.4. The highest BCUT2D eigenvalue weighted by molar-refractivity contribution is 4.94. The molecule has 0 saturated heterocycles. The van der Waals surface area contributed by atoms with Crippen LogP contribution in [-0.2, 0) is 4.74 Å². The van der Waals surface area contributed by atoms with Crippen molar-refractivity contribution in [2.24, 2.45) is 17.8 Å². The van der Waals surface area contributed by atoms with Crippen molar-refractivity contribution < 1.29 is 17.9 Å². The SMILES string of the molecule is CCCOC1CCC(C2CCC(CC)C(F)C2F)CC1F. The minimum absolute atomic E-state index is 0.0208. The molecule has 4 heteroatoms. The number of alkyl halides is 3. The highest BCUT2D eigenvalue weighted by atomic mass is 19.2. The van der Waals surface area contributed by atoms with Crippen molar-refractivity contribution in [1.29, 1.82) is 0 Å². The van der Waals surface area contributed by atoms with E-state index >= 15 is 0 Å². The first-order valence-corrected chi connectivity index (χ1v) is 8.62. The van der Waals surface area contributed by atoms with Crippen LogP contribution in [-0.4, -0.2) is 31.2 Å². The molecule has 0 aliphatic heterocycles. The fourth-order valence-electron chi connectivity index (χ4n) is 4.11. The molecule has 0 spiro atoms. The molecule has 2 aliphatic rings. The third-order valence-electron chi connectivity index (χ3n) is 5.45. The summed E-state index contributed by atoms with van der Waals surface area (Å²) in [5.74, 6) is -0.470. The molecule has 2 aliphatic carbocycles. The molecule has 0 N–H and O–H groups in total. The Kier molecular flexibility index (Phi) is 6.39. The molecule has 0 aromatic rings. The number of halogens is 3. The molecule has 1 nitrogen and oxygen atoms in total. The van der Waals surface area contributed by atoms with E-state index in [0.29, 0.717) is 32.3 Å². The van der Waals surface area contributed by atoms with Crippen LogP contribution in [0.15, 0.2) is 0 Å². The molecule has 2 fully saturated rings. The van der Waals surface area contributed by atoms with Crippen molar-refractivity contribution in [3.63, 3.8) is 0 Å². The monoisotopic (exact) mass is 306 g/mol. The quantitative estimate of drug-likeness (QED) is 0.692. The molecule has 0 aromatic carbocycles. The second-order valence-corrected chi connectivity index (χ2v) is 6.80. The molecule has 124 valence electrons. The van der Waals surface area contributed by atoms with E-state index < -0.39 is 18.5 Å². The van der Waals surface area contributed by atoms with Gasteiger partial charge in [-0.3, -0.25) is 0 Å². The van der Waals surface area contributed by atoms with E-state index in [1.54, 1.807) is 0 Å². The van der Waals surface area contributed by atoms with E-state index in [0.717, 1.165) is 19.3 Å². The first kappa shape index (κ1) is 17.1.